The van der Waals surface area contributed by atoms with Crippen molar-refractivity contribution in [2.45, 2.75) is 25.4 Å². The van der Waals surface area contributed by atoms with Crippen LogP contribution in [0.1, 0.15) is 29.4 Å². The van der Waals surface area contributed by atoms with Crippen LogP contribution in [0.4, 0.5) is 0 Å². The van der Waals surface area contributed by atoms with Crippen LogP contribution in [0.2, 0.25) is 0 Å². The SMILES string of the molecule is NCCC(C(=O)O)c1onc2c1COCC2. The van der Waals surface area contributed by atoms with Crippen LogP contribution in [0.15, 0.2) is 4.52 Å². The monoisotopic (exact) mass is 226 g/mol. The highest BCUT2D eigenvalue weighted by molar-refractivity contribution is 5.75. The van der Waals surface area contributed by atoms with E-state index in [2.05, 4.69) is 5.16 Å². The van der Waals surface area contributed by atoms with Gasteiger partial charge in [0, 0.05) is 12.0 Å². The topological polar surface area (TPSA) is 98.6 Å². The van der Waals surface area contributed by atoms with Crippen LogP contribution < -0.4 is 5.73 Å². The number of carboxylic acid groups (broad SMARTS) is 1. The van der Waals surface area contributed by atoms with Gasteiger partial charge in [-0.15, -0.1) is 0 Å². The summed E-state index contributed by atoms with van der Waals surface area (Å²) in [6.45, 7) is 1.28. The van der Waals surface area contributed by atoms with Gasteiger partial charge in [0.2, 0.25) is 0 Å². The van der Waals surface area contributed by atoms with Crippen molar-refractivity contribution in [1.29, 1.82) is 0 Å². The third-order valence-electron chi connectivity index (χ3n) is 2.70. The summed E-state index contributed by atoms with van der Waals surface area (Å²) in [6.07, 6.45) is 1.02. The number of hydrogen-bond acceptors (Lipinski definition) is 5. The lowest BCUT2D eigenvalue weighted by molar-refractivity contribution is -0.139. The van der Waals surface area contributed by atoms with Gasteiger partial charge in [-0.1, -0.05) is 5.16 Å². The molecule has 1 unspecified atom stereocenters. The molecule has 16 heavy (non-hydrogen) atoms. The molecule has 0 fully saturated rings. The lowest BCUT2D eigenvalue weighted by atomic mass is 9.97. The third kappa shape index (κ3) is 1.94. The molecule has 0 aliphatic carbocycles. The zero-order chi connectivity index (χ0) is 11.5. The van der Waals surface area contributed by atoms with E-state index in [9.17, 15) is 4.79 Å². The molecule has 0 amide bonds. The molecule has 1 aliphatic rings. The lowest BCUT2D eigenvalue weighted by Gasteiger charge is -2.13. The second-order valence-corrected chi connectivity index (χ2v) is 3.74. The smallest absolute Gasteiger partial charge is 0.314 e. The van der Waals surface area contributed by atoms with Crippen molar-refractivity contribution in [2.75, 3.05) is 13.2 Å². The molecule has 1 aromatic heterocycles. The summed E-state index contributed by atoms with van der Waals surface area (Å²) in [5.74, 6) is -1.26. The van der Waals surface area contributed by atoms with Crippen molar-refractivity contribution in [1.82, 2.24) is 5.16 Å². The minimum Gasteiger partial charge on any atom is -0.481 e. The van der Waals surface area contributed by atoms with Crippen molar-refractivity contribution in [3.8, 4) is 0 Å². The first-order valence-corrected chi connectivity index (χ1v) is 5.22. The summed E-state index contributed by atoms with van der Waals surface area (Å²) in [4.78, 5) is 11.1. The number of nitrogens with zero attached hydrogens (tertiary/aromatic N) is 1. The Balaban J connectivity index is 2.30. The van der Waals surface area contributed by atoms with Crippen LogP contribution in [0.25, 0.3) is 0 Å². The predicted octanol–water partition coefficient (Wildman–Crippen LogP) is 0.264. The molecule has 1 atom stereocenters. The number of aliphatic carboxylic acids is 1. The molecule has 6 heteroatoms. The van der Waals surface area contributed by atoms with E-state index >= 15 is 0 Å². The van der Waals surface area contributed by atoms with Crippen LogP contribution >= 0.6 is 0 Å². The van der Waals surface area contributed by atoms with Gasteiger partial charge in [0.25, 0.3) is 0 Å². The molecule has 6 nitrogen and oxygen atoms in total. The highest BCUT2D eigenvalue weighted by atomic mass is 16.5. The van der Waals surface area contributed by atoms with E-state index in [1.165, 1.54) is 0 Å². The fourth-order valence-electron chi connectivity index (χ4n) is 1.86. The molecule has 0 saturated carbocycles. The molecule has 3 N–H and O–H groups in total. The molecular weight excluding hydrogens is 212 g/mol. The molecule has 0 saturated heterocycles. The first-order valence-electron chi connectivity index (χ1n) is 5.22. The van der Waals surface area contributed by atoms with E-state index < -0.39 is 11.9 Å². The van der Waals surface area contributed by atoms with Gasteiger partial charge in [-0.25, -0.2) is 0 Å². The highest BCUT2D eigenvalue weighted by Gasteiger charge is 2.30. The Hall–Kier alpha value is -1.40. The van der Waals surface area contributed by atoms with Gasteiger partial charge in [0.15, 0.2) is 5.76 Å². The highest BCUT2D eigenvalue weighted by Crippen LogP contribution is 2.28. The molecule has 88 valence electrons. The van der Waals surface area contributed by atoms with E-state index in [0.717, 1.165) is 11.3 Å². The number of hydrogen-bond donors (Lipinski definition) is 2. The van der Waals surface area contributed by atoms with E-state index in [0.29, 0.717) is 38.4 Å². The number of rotatable bonds is 4. The summed E-state index contributed by atoms with van der Waals surface area (Å²) in [5, 5.41) is 13.0. The first-order chi connectivity index (χ1) is 7.74. The van der Waals surface area contributed by atoms with E-state index in [-0.39, 0.29) is 0 Å². The average molecular weight is 226 g/mol. The molecule has 1 aliphatic heterocycles. The fourth-order valence-corrected chi connectivity index (χ4v) is 1.86. The van der Waals surface area contributed by atoms with Crippen molar-refractivity contribution < 1.29 is 19.2 Å². The maximum absolute atomic E-state index is 11.1. The minimum absolute atomic E-state index is 0.299. The van der Waals surface area contributed by atoms with Crippen molar-refractivity contribution in [3.05, 3.63) is 17.0 Å². The Bertz CT molecular complexity index is 388. The van der Waals surface area contributed by atoms with Crippen LogP contribution in [0.5, 0.6) is 0 Å². The molecule has 2 heterocycles. The van der Waals surface area contributed by atoms with E-state index in [4.69, 9.17) is 20.1 Å². The van der Waals surface area contributed by atoms with Crippen LogP contribution in [0, 0.1) is 0 Å². The van der Waals surface area contributed by atoms with Gasteiger partial charge in [0.05, 0.1) is 18.9 Å². The normalized spacial score (nSPS) is 16.8. The van der Waals surface area contributed by atoms with Crippen molar-refractivity contribution in [3.63, 3.8) is 0 Å². The minimum atomic E-state index is -0.935. The Morgan fingerprint density at radius 1 is 1.62 bits per heavy atom. The molecule has 0 radical (unpaired) electrons. The molecule has 1 aromatic rings. The molecule has 0 aromatic carbocycles. The largest absolute Gasteiger partial charge is 0.481 e. The summed E-state index contributed by atoms with van der Waals surface area (Å²) < 4.78 is 10.4. The summed E-state index contributed by atoms with van der Waals surface area (Å²) >= 11 is 0. The Labute approximate surface area is 92.4 Å². The predicted molar refractivity (Wildman–Crippen MR) is 53.9 cm³/mol. The average Bonchev–Trinajstić information content (AvgIpc) is 2.69. The van der Waals surface area contributed by atoms with Crippen LogP contribution in [-0.4, -0.2) is 29.4 Å². The van der Waals surface area contributed by atoms with Gasteiger partial charge < -0.3 is 20.1 Å². The fraction of sp³-hybridized carbons (Fsp3) is 0.600. The zero-order valence-electron chi connectivity index (χ0n) is 8.81. The number of aromatic nitrogens is 1. The number of fused-ring (bicyclic) bond motifs is 1. The zero-order valence-corrected chi connectivity index (χ0v) is 8.81. The Kier molecular flexibility index (Phi) is 3.21. The summed E-state index contributed by atoms with van der Waals surface area (Å²) in [6, 6.07) is 0. The van der Waals surface area contributed by atoms with Gasteiger partial charge in [-0.05, 0) is 13.0 Å². The first kappa shape index (κ1) is 11.1. The van der Waals surface area contributed by atoms with Crippen LogP contribution in [-0.2, 0) is 22.6 Å². The quantitative estimate of drug-likeness (QED) is 0.764. The standard InChI is InChI=1S/C10H14N2O4/c11-3-1-6(10(13)14)9-7-5-15-4-2-8(7)12-16-9/h6H,1-5,11H2,(H,13,14). The molecule has 0 spiro atoms. The Morgan fingerprint density at radius 3 is 3.12 bits per heavy atom. The lowest BCUT2D eigenvalue weighted by Crippen LogP contribution is -2.18. The van der Waals surface area contributed by atoms with E-state index in [1.807, 2.05) is 0 Å². The number of carboxylic acids is 1. The summed E-state index contributed by atoms with van der Waals surface area (Å²) in [5.41, 5.74) is 6.99. The summed E-state index contributed by atoms with van der Waals surface area (Å²) in [7, 11) is 0. The van der Waals surface area contributed by atoms with Gasteiger partial charge in [-0.2, -0.15) is 0 Å². The van der Waals surface area contributed by atoms with E-state index in [1.54, 1.807) is 0 Å². The van der Waals surface area contributed by atoms with Crippen molar-refractivity contribution in [2.24, 2.45) is 5.73 Å². The number of ether oxygens (including phenoxy) is 1. The van der Waals surface area contributed by atoms with Crippen molar-refractivity contribution >= 4 is 5.97 Å². The Morgan fingerprint density at radius 2 is 2.44 bits per heavy atom. The second kappa shape index (κ2) is 4.63. The second-order valence-electron chi connectivity index (χ2n) is 3.74. The maximum Gasteiger partial charge on any atom is 0.314 e. The number of nitrogens with two attached hydrogens (primary N) is 1. The van der Waals surface area contributed by atoms with Gasteiger partial charge in [0.1, 0.15) is 5.92 Å². The van der Waals surface area contributed by atoms with Gasteiger partial charge >= 0.3 is 5.97 Å². The molecular formula is C10H14N2O4. The maximum atomic E-state index is 11.1. The third-order valence-corrected chi connectivity index (χ3v) is 2.70. The number of carbonyl (C=O) groups is 1. The molecule has 0 bridgehead atoms. The van der Waals surface area contributed by atoms with Crippen LogP contribution in [0.3, 0.4) is 0 Å². The molecule has 2 rings (SSSR count). The van der Waals surface area contributed by atoms with Gasteiger partial charge in [-0.3, -0.25) is 4.79 Å².